The number of hydrogen-bond acceptors (Lipinski definition) is 21. The summed E-state index contributed by atoms with van der Waals surface area (Å²) >= 11 is 0. The van der Waals surface area contributed by atoms with E-state index in [1.54, 1.807) is 65.2 Å². The predicted octanol–water partition coefficient (Wildman–Crippen LogP) is 8.06. The number of aliphatic hydroxyl groups is 2. The van der Waals surface area contributed by atoms with Crippen LogP contribution in [0.1, 0.15) is 83.7 Å². The molecule has 8 atom stereocenters. The maximum absolute atomic E-state index is 13.5. The van der Waals surface area contributed by atoms with E-state index in [0.717, 1.165) is 22.3 Å². The van der Waals surface area contributed by atoms with Gasteiger partial charge in [0.1, 0.15) is 30.5 Å². The lowest BCUT2D eigenvalue weighted by Crippen LogP contribution is -2.41. The Labute approximate surface area is 516 Å². The molecule has 2 aliphatic heterocycles. The number of aliphatic hydroxyl groups excluding tert-OH is 2. The van der Waals surface area contributed by atoms with Gasteiger partial charge in [-0.3, -0.25) is 9.13 Å². The highest BCUT2D eigenvalue weighted by Crippen LogP contribution is 2.39. The average molecular weight is 1210 g/mol. The van der Waals surface area contributed by atoms with Gasteiger partial charge < -0.3 is 54.0 Å². The highest BCUT2D eigenvalue weighted by Gasteiger charge is 2.51. The van der Waals surface area contributed by atoms with Gasteiger partial charge in [-0.1, -0.05) is 158 Å². The molecule has 23 heteroatoms. The smallest absolute Gasteiger partial charge is 0.376 e. The lowest BCUT2D eigenvalue weighted by atomic mass is 9.91. The SMILES string of the molecule is COC[C@H]1O[C@@H](n2cnc3c(NCC(c4ccccc4)c4ccccc4)nc(C#N)nc32)[C@H](OC(=O)c2ccccc2)[C@@H]1OC(=O)c1ccccc1.COC[C@H]1O[C@@H](n2cnc3c(NCC(c4ccccc4)c4ccccc4)nc(C(=O)OC)nc32)[C@H](O)[C@@H]1O. The standard InChI is InChI=1S/C40H34N6O6.C27H29N5O6/c1-49-24-31-34(51-39(47)28-18-10-4-11-19-28)35(52-40(48)29-20-12-5-13-21-29)38(50-31)46-25-43-33-36(44-32(22-41)45-37(33)46)42-23-30(26-14-6-2-7-15-26)27-16-8-3-9-17-27;1-36-14-19-21(33)22(34)26(38-19)32-15-29-20-23(30-24(27(35)37-2)31-25(20)32)28-13-18(16-9-5-3-6-10-16)17-11-7-4-8-12-17/h2-21,25,30-31,34-35,38H,23-24H2,1H3,(H,42,44,45);3-12,15,18-19,21-22,26,33-34H,13-14H2,1-2H3,(H,28,30,31)/t31-,34-,35-,38-;19-,21-,22-,26-/m11/s1. The van der Waals surface area contributed by atoms with E-state index >= 15 is 0 Å². The van der Waals surface area contributed by atoms with E-state index in [2.05, 4.69) is 89.1 Å². The van der Waals surface area contributed by atoms with Crippen LogP contribution in [0.5, 0.6) is 0 Å². The van der Waals surface area contributed by atoms with Crippen molar-refractivity contribution >= 4 is 51.9 Å². The van der Waals surface area contributed by atoms with Crippen molar-refractivity contribution in [3.05, 3.63) is 240 Å². The van der Waals surface area contributed by atoms with E-state index < -0.39 is 67.0 Å². The van der Waals surface area contributed by atoms with Crippen molar-refractivity contribution in [1.82, 2.24) is 39.0 Å². The van der Waals surface area contributed by atoms with Crippen LogP contribution in [-0.2, 0) is 33.2 Å². The summed E-state index contributed by atoms with van der Waals surface area (Å²) in [6, 6.07) is 59.3. The average Bonchev–Trinajstić information content (AvgIpc) is 2.10. The Balaban J connectivity index is 0.000000195. The summed E-state index contributed by atoms with van der Waals surface area (Å²) in [5.74, 6) is -1.68. The number of nitrogens with one attached hydrogen (secondary N) is 2. The lowest BCUT2D eigenvalue weighted by molar-refractivity contribution is -0.0622. The number of nitriles is 1. The number of methoxy groups -OCH3 is 3. The fourth-order valence-corrected chi connectivity index (χ4v) is 11.0. The predicted molar refractivity (Wildman–Crippen MR) is 328 cm³/mol. The topological polar surface area (TPSA) is 291 Å². The van der Waals surface area contributed by atoms with Crippen LogP contribution < -0.4 is 10.6 Å². The van der Waals surface area contributed by atoms with Crippen LogP contribution >= 0.6 is 0 Å². The third kappa shape index (κ3) is 13.5. The minimum Gasteiger partial charge on any atom is -0.463 e. The molecule has 4 N–H and O–H groups in total. The first kappa shape index (κ1) is 61.3. The molecular formula is C67H63N11O12. The zero-order valence-corrected chi connectivity index (χ0v) is 49.1. The van der Waals surface area contributed by atoms with Crippen molar-refractivity contribution in [2.75, 3.05) is 58.3 Å². The number of imidazole rings is 2. The Kier molecular flexibility index (Phi) is 19.5. The summed E-state index contributed by atoms with van der Waals surface area (Å²) in [5, 5.41) is 37.9. The molecule has 0 unspecified atom stereocenters. The number of carbonyl (C=O) groups excluding carboxylic acids is 3. The largest absolute Gasteiger partial charge is 0.463 e. The molecule has 6 heterocycles. The van der Waals surface area contributed by atoms with Crippen LogP contribution in [-0.4, -0.2) is 151 Å². The zero-order chi connectivity index (χ0) is 62.5. The molecule has 0 amide bonds. The number of hydrogen-bond donors (Lipinski definition) is 4. The van der Waals surface area contributed by atoms with Gasteiger partial charge in [-0.15, -0.1) is 0 Å². The summed E-state index contributed by atoms with van der Waals surface area (Å²) in [6.45, 7) is 0.991. The minimum atomic E-state index is -1.26. The molecule has 90 heavy (non-hydrogen) atoms. The number of fused-ring (bicyclic) bond motifs is 2. The number of rotatable bonds is 21. The molecule has 0 aliphatic carbocycles. The lowest BCUT2D eigenvalue weighted by Gasteiger charge is -2.25. The van der Waals surface area contributed by atoms with Gasteiger partial charge in [-0.25, -0.2) is 34.3 Å². The van der Waals surface area contributed by atoms with Crippen LogP contribution in [0.2, 0.25) is 0 Å². The number of esters is 3. The second kappa shape index (κ2) is 28.7. The first-order chi connectivity index (χ1) is 44.0. The van der Waals surface area contributed by atoms with Gasteiger partial charge in [0.2, 0.25) is 11.6 Å². The maximum atomic E-state index is 13.5. The van der Waals surface area contributed by atoms with Crippen molar-refractivity contribution in [3.8, 4) is 6.07 Å². The number of aromatic nitrogens is 8. The first-order valence-corrected chi connectivity index (χ1v) is 28.9. The summed E-state index contributed by atoms with van der Waals surface area (Å²) in [4.78, 5) is 66.2. The Hall–Kier alpha value is -10.3. The van der Waals surface area contributed by atoms with Gasteiger partial charge in [0.25, 0.3) is 0 Å². The van der Waals surface area contributed by atoms with E-state index in [0.29, 0.717) is 46.9 Å². The third-order valence-electron chi connectivity index (χ3n) is 15.4. The molecular weight excluding hydrogens is 1150 g/mol. The first-order valence-electron chi connectivity index (χ1n) is 28.9. The zero-order valence-electron chi connectivity index (χ0n) is 49.1. The number of ether oxygens (including phenoxy) is 7. The Morgan fingerprint density at radius 2 is 0.933 bits per heavy atom. The minimum absolute atomic E-state index is 0.0147. The Bertz CT molecular complexity index is 3990. The quantitative estimate of drug-likeness (QED) is 0.0391. The van der Waals surface area contributed by atoms with Crippen molar-refractivity contribution < 1.29 is 57.8 Å². The van der Waals surface area contributed by atoms with Crippen molar-refractivity contribution in [1.29, 1.82) is 5.26 Å². The molecule has 4 aromatic heterocycles. The molecule has 2 fully saturated rings. The molecule has 0 bridgehead atoms. The molecule has 458 valence electrons. The fourth-order valence-electron chi connectivity index (χ4n) is 11.0. The van der Waals surface area contributed by atoms with E-state index in [4.69, 9.17) is 33.2 Å². The number of carbonyl (C=O) groups is 3. The molecule has 0 radical (unpaired) electrons. The van der Waals surface area contributed by atoms with Crippen LogP contribution in [0.25, 0.3) is 22.3 Å². The van der Waals surface area contributed by atoms with Gasteiger partial charge in [-0.05, 0) is 46.5 Å². The van der Waals surface area contributed by atoms with Crippen molar-refractivity contribution in [2.24, 2.45) is 0 Å². The van der Waals surface area contributed by atoms with E-state index in [1.807, 2.05) is 78.9 Å². The third-order valence-corrected chi connectivity index (χ3v) is 15.4. The number of benzene rings is 6. The van der Waals surface area contributed by atoms with Gasteiger partial charge >= 0.3 is 17.9 Å². The molecule has 12 rings (SSSR count). The van der Waals surface area contributed by atoms with Gasteiger partial charge in [0.05, 0.1) is 44.1 Å². The molecule has 0 spiro atoms. The fraction of sp³-hybridized carbons (Fsp3) is 0.254. The molecule has 10 aromatic rings. The molecule has 23 nitrogen and oxygen atoms in total. The Morgan fingerprint density at radius 1 is 0.522 bits per heavy atom. The highest BCUT2D eigenvalue weighted by molar-refractivity contribution is 5.92. The molecule has 0 saturated carbocycles. The Morgan fingerprint density at radius 3 is 1.39 bits per heavy atom. The summed E-state index contributed by atoms with van der Waals surface area (Å²) in [5.41, 5.74) is 6.26. The van der Waals surface area contributed by atoms with E-state index in [9.17, 15) is 29.9 Å². The number of anilines is 2. The second-order valence-electron chi connectivity index (χ2n) is 21.0. The van der Waals surface area contributed by atoms with Gasteiger partial charge in [0, 0.05) is 39.1 Å². The van der Waals surface area contributed by atoms with E-state index in [-0.39, 0.29) is 48.0 Å². The van der Waals surface area contributed by atoms with E-state index in [1.165, 1.54) is 38.6 Å². The van der Waals surface area contributed by atoms with Crippen LogP contribution in [0.3, 0.4) is 0 Å². The van der Waals surface area contributed by atoms with Crippen molar-refractivity contribution in [2.45, 2.75) is 60.9 Å². The maximum Gasteiger partial charge on any atom is 0.376 e. The summed E-state index contributed by atoms with van der Waals surface area (Å²) < 4.78 is 42.9. The van der Waals surface area contributed by atoms with Crippen LogP contribution in [0.4, 0.5) is 11.6 Å². The van der Waals surface area contributed by atoms with Crippen molar-refractivity contribution in [3.63, 3.8) is 0 Å². The van der Waals surface area contributed by atoms with Crippen LogP contribution in [0.15, 0.2) is 195 Å². The van der Waals surface area contributed by atoms with Crippen LogP contribution in [0, 0.1) is 11.3 Å². The summed E-state index contributed by atoms with van der Waals surface area (Å²) in [7, 11) is 4.22. The van der Waals surface area contributed by atoms with Gasteiger partial charge in [-0.2, -0.15) is 15.2 Å². The second-order valence-corrected chi connectivity index (χ2v) is 21.0. The number of nitrogens with zero attached hydrogens (tertiary/aromatic N) is 9. The highest BCUT2D eigenvalue weighted by atomic mass is 16.7. The summed E-state index contributed by atoms with van der Waals surface area (Å²) in [6.07, 6.45) is -5.44. The molecule has 2 aliphatic rings. The molecule has 6 aromatic carbocycles. The monoisotopic (exact) mass is 1210 g/mol. The normalized spacial score (nSPS) is 19.4. The molecule has 2 saturated heterocycles. The van der Waals surface area contributed by atoms with Gasteiger partial charge in [0.15, 0.2) is 58.6 Å².